The van der Waals surface area contributed by atoms with Crippen LogP contribution in [0.4, 0.5) is 10.5 Å². The fourth-order valence-electron chi connectivity index (χ4n) is 2.71. The summed E-state index contributed by atoms with van der Waals surface area (Å²) in [7, 11) is 0. The Kier molecular flexibility index (Phi) is 6.53. The van der Waals surface area contributed by atoms with Crippen LogP contribution in [0.25, 0.3) is 0 Å². The fraction of sp³-hybridized carbons (Fsp3) is 0.300. The van der Waals surface area contributed by atoms with Gasteiger partial charge < -0.3 is 29.2 Å². The first kappa shape index (κ1) is 20.4. The summed E-state index contributed by atoms with van der Waals surface area (Å²) in [6.07, 6.45) is -4.31. The quantitative estimate of drug-likeness (QED) is 0.601. The molecule has 2 aromatic rings. The number of nitrogens with one attached hydrogen (secondary N) is 1. The smallest absolute Gasteiger partial charge is 0.411 e. The van der Waals surface area contributed by atoms with E-state index in [1.54, 1.807) is 19.1 Å². The van der Waals surface area contributed by atoms with Crippen molar-refractivity contribution in [1.82, 2.24) is 0 Å². The molecule has 0 saturated carbocycles. The van der Waals surface area contributed by atoms with Crippen molar-refractivity contribution >= 4 is 17.7 Å². The molecule has 0 radical (unpaired) electrons. The second kappa shape index (κ2) is 9.26. The van der Waals surface area contributed by atoms with Crippen LogP contribution in [-0.4, -0.2) is 41.8 Å². The summed E-state index contributed by atoms with van der Waals surface area (Å²) in [5.41, 5.74) is 0.945. The number of rotatable bonds is 7. The van der Waals surface area contributed by atoms with Gasteiger partial charge in [-0.2, -0.15) is 0 Å². The molecule has 0 fully saturated rings. The van der Waals surface area contributed by atoms with E-state index in [4.69, 9.17) is 18.9 Å². The van der Waals surface area contributed by atoms with Gasteiger partial charge in [0.2, 0.25) is 6.79 Å². The van der Waals surface area contributed by atoms with Gasteiger partial charge in [-0.15, -0.1) is 0 Å². The highest BCUT2D eigenvalue weighted by Crippen LogP contribution is 2.40. The third-order valence-corrected chi connectivity index (χ3v) is 4.14. The Hall–Kier alpha value is -3.30. The number of esters is 1. The molecule has 1 amide bonds. The van der Waals surface area contributed by atoms with Gasteiger partial charge in [0.05, 0.1) is 12.3 Å². The molecule has 3 rings (SSSR count). The van der Waals surface area contributed by atoms with Gasteiger partial charge in [0.15, 0.2) is 17.6 Å². The Morgan fingerprint density at radius 1 is 1.10 bits per heavy atom. The maximum Gasteiger partial charge on any atom is 0.411 e. The molecule has 2 aromatic carbocycles. The van der Waals surface area contributed by atoms with Crippen LogP contribution in [0.15, 0.2) is 42.5 Å². The van der Waals surface area contributed by atoms with Crippen molar-refractivity contribution in [3.8, 4) is 11.5 Å². The van der Waals surface area contributed by atoms with E-state index in [0.717, 1.165) is 5.56 Å². The first-order valence-electron chi connectivity index (χ1n) is 8.93. The van der Waals surface area contributed by atoms with Gasteiger partial charge in [-0.25, -0.2) is 9.59 Å². The first-order valence-corrected chi connectivity index (χ1v) is 8.93. The van der Waals surface area contributed by atoms with Crippen LogP contribution in [-0.2, 0) is 20.9 Å². The van der Waals surface area contributed by atoms with Gasteiger partial charge in [0.25, 0.3) is 0 Å². The van der Waals surface area contributed by atoms with Gasteiger partial charge in [0.1, 0.15) is 12.7 Å². The predicted molar refractivity (Wildman–Crippen MR) is 100 cm³/mol. The number of carbonyl (C=O) groups excluding carboxylic acids is 2. The van der Waals surface area contributed by atoms with E-state index in [0.29, 0.717) is 11.5 Å². The Bertz CT molecular complexity index is 870. The third kappa shape index (κ3) is 4.95. The van der Waals surface area contributed by atoms with Crippen molar-refractivity contribution in [2.24, 2.45) is 0 Å². The van der Waals surface area contributed by atoms with E-state index in [2.05, 4.69) is 5.32 Å². The zero-order valence-corrected chi connectivity index (χ0v) is 15.7. The number of ether oxygens (including phenoxy) is 4. The fourth-order valence-corrected chi connectivity index (χ4v) is 2.71. The molecule has 1 heterocycles. The van der Waals surface area contributed by atoms with Gasteiger partial charge >= 0.3 is 12.1 Å². The van der Waals surface area contributed by atoms with Crippen molar-refractivity contribution in [1.29, 1.82) is 0 Å². The lowest BCUT2D eigenvalue weighted by molar-refractivity contribution is -0.159. The van der Waals surface area contributed by atoms with Crippen LogP contribution in [0.5, 0.6) is 11.5 Å². The molecule has 2 atom stereocenters. The number of carbonyl (C=O) groups is 2. The molecule has 0 bridgehead atoms. The molecular formula is C20H21NO8. The van der Waals surface area contributed by atoms with E-state index in [9.17, 15) is 19.8 Å². The number of aliphatic hydroxyl groups is 2. The molecule has 154 valence electrons. The van der Waals surface area contributed by atoms with Gasteiger partial charge in [-0.05, 0) is 18.6 Å². The highest BCUT2D eigenvalue weighted by atomic mass is 16.7. The Morgan fingerprint density at radius 2 is 1.79 bits per heavy atom. The normalized spacial score (nSPS) is 14.0. The van der Waals surface area contributed by atoms with Crippen LogP contribution in [0.3, 0.4) is 0 Å². The largest absolute Gasteiger partial charge is 0.464 e. The lowest BCUT2D eigenvalue weighted by Crippen LogP contribution is -2.30. The lowest BCUT2D eigenvalue weighted by Gasteiger charge is -2.20. The van der Waals surface area contributed by atoms with Crippen molar-refractivity contribution in [3.63, 3.8) is 0 Å². The number of fused-ring (bicyclic) bond motifs is 1. The van der Waals surface area contributed by atoms with Gasteiger partial charge in [-0.3, -0.25) is 5.32 Å². The van der Waals surface area contributed by atoms with E-state index in [-0.39, 0.29) is 31.3 Å². The average molecular weight is 403 g/mol. The molecule has 0 spiro atoms. The number of hydrogen-bond donors (Lipinski definition) is 3. The average Bonchev–Trinajstić information content (AvgIpc) is 3.19. The molecule has 29 heavy (non-hydrogen) atoms. The van der Waals surface area contributed by atoms with Crippen molar-refractivity contribution in [3.05, 3.63) is 53.6 Å². The summed E-state index contributed by atoms with van der Waals surface area (Å²) in [5.74, 6) is -0.349. The van der Waals surface area contributed by atoms with Crippen LogP contribution in [0, 0.1) is 0 Å². The second-order valence-electron chi connectivity index (χ2n) is 6.12. The second-order valence-corrected chi connectivity index (χ2v) is 6.12. The Morgan fingerprint density at radius 3 is 2.48 bits per heavy atom. The molecule has 9 heteroatoms. The monoisotopic (exact) mass is 403 g/mol. The summed E-state index contributed by atoms with van der Waals surface area (Å²) in [6.45, 7) is 1.63. The van der Waals surface area contributed by atoms with E-state index < -0.39 is 24.3 Å². The number of anilines is 1. The zero-order chi connectivity index (χ0) is 20.8. The van der Waals surface area contributed by atoms with E-state index in [1.165, 1.54) is 12.1 Å². The summed E-state index contributed by atoms with van der Waals surface area (Å²) in [5, 5.41) is 23.1. The molecule has 0 aromatic heterocycles. The standard InChI is InChI=1S/C20H21NO8/c1-2-26-19(24)18(23)17(22)13-8-15-16(29-11-28-15)9-14(13)21-20(25)27-10-12-6-4-3-5-7-12/h3-9,17-18,22-23H,2,10-11H2,1H3,(H,21,25)/t17-,18+/m0/s1. The maximum atomic E-state index is 12.2. The topological polar surface area (TPSA) is 124 Å². The Balaban J connectivity index is 1.77. The number of benzene rings is 2. The number of amides is 1. The van der Waals surface area contributed by atoms with Crippen molar-refractivity contribution < 1.29 is 38.7 Å². The van der Waals surface area contributed by atoms with Crippen LogP contribution in [0.1, 0.15) is 24.2 Å². The van der Waals surface area contributed by atoms with Gasteiger partial charge in [0, 0.05) is 11.6 Å². The first-order chi connectivity index (χ1) is 14.0. The minimum atomic E-state index is -1.85. The molecule has 9 nitrogen and oxygen atoms in total. The molecule has 0 saturated heterocycles. The molecule has 3 N–H and O–H groups in total. The Labute approximate surface area is 166 Å². The minimum absolute atomic E-state index is 0.0345. The molecular weight excluding hydrogens is 382 g/mol. The maximum absolute atomic E-state index is 12.2. The van der Waals surface area contributed by atoms with Crippen LogP contribution in [0.2, 0.25) is 0 Å². The molecule has 1 aliphatic rings. The van der Waals surface area contributed by atoms with Crippen LogP contribution < -0.4 is 14.8 Å². The van der Waals surface area contributed by atoms with Crippen LogP contribution >= 0.6 is 0 Å². The molecule has 0 aliphatic carbocycles. The van der Waals surface area contributed by atoms with E-state index in [1.807, 2.05) is 18.2 Å². The molecule has 0 unspecified atom stereocenters. The number of hydrogen-bond acceptors (Lipinski definition) is 8. The zero-order valence-electron chi connectivity index (χ0n) is 15.7. The lowest BCUT2D eigenvalue weighted by atomic mass is 10.0. The number of aliphatic hydroxyl groups excluding tert-OH is 2. The molecule has 1 aliphatic heterocycles. The summed E-state index contributed by atoms with van der Waals surface area (Å²) < 4.78 is 20.5. The highest BCUT2D eigenvalue weighted by Gasteiger charge is 2.31. The highest BCUT2D eigenvalue weighted by molar-refractivity contribution is 5.87. The predicted octanol–water partition coefficient (Wildman–Crippen LogP) is 2.12. The summed E-state index contributed by atoms with van der Waals surface area (Å²) in [6, 6.07) is 11.9. The summed E-state index contributed by atoms with van der Waals surface area (Å²) in [4.78, 5) is 24.0. The summed E-state index contributed by atoms with van der Waals surface area (Å²) >= 11 is 0. The van der Waals surface area contributed by atoms with E-state index >= 15 is 0 Å². The van der Waals surface area contributed by atoms with Gasteiger partial charge in [-0.1, -0.05) is 30.3 Å². The van der Waals surface area contributed by atoms with Crippen molar-refractivity contribution in [2.45, 2.75) is 25.7 Å². The van der Waals surface area contributed by atoms with Crippen molar-refractivity contribution in [2.75, 3.05) is 18.7 Å². The minimum Gasteiger partial charge on any atom is -0.464 e. The SMILES string of the molecule is CCOC(=O)[C@H](O)[C@@H](O)c1cc2c(cc1NC(=O)OCc1ccccc1)OCO2. The third-order valence-electron chi connectivity index (χ3n) is 4.14.